The molecule has 1 aliphatic rings. The van der Waals surface area contributed by atoms with Crippen molar-refractivity contribution in [3.8, 4) is 0 Å². The maximum absolute atomic E-state index is 6.11. The Labute approximate surface area is 121 Å². The smallest absolute Gasteiger partial charge is 0.209 e. The van der Waals surface area contributed by atoms with Crippen LogP contribution in [0.15, 0.2) is 36.5 Å². The van der Waals surface area contributed by atoms with E-state index in [1.54, 1.807) is 6.20 Å². The third-order valence-corrected chi connectivity index (χ3v) is 3.99. The van der Waals surface area contributed by atoms with E-state index in [0.717, 1.165) is 34.4 Å². The van der Waals surface area contributed by atoms with Crippen LogP contribution in [0.4, 0.5) is 11.6 Å². The van der Waals surface area contributed by atoms with E-state index in [9.17, 15) is 0 Å². The zero-order valence-corrected chi connectivity index (χ0v) is 11.7. The number of nitrogens with zero attached hydrogens (tertiary/aromatic N) is 3. The Morgan fingerprint density at radius 3 is 3.15 bits per heavy atom. The summed E-state index contributed by atoms with van der Waals surface area (Å²) in [5.74, 6) is 1.18. The molecule has 2 aromatic heterocycles. The molecule has 0 spiro atoms. The molecular formula is C15H13ClN4. The van der Waals surface area contributed by atoms with Crippen LogP contribution in [0.1, 0.15) is 18.4 Å². The number of benzene rings is 1. The Kier molecular flexibility index (Phi) is 2.47. The summed E-state index contributed by atoms with van der Waals surface area (Å²) in [6.45, 7) is 3.03. The van der Waals surface area contributed by atoms with Crippen LogP contribution in [0.3, 0.4) is 0 Å². The molecular weight excluding hydrogens is 272 g/mol. The number of hydrogen-bond acceptors (Lipinski definition) is 3. The van der Waals surface area contributed by atoms with Crippen LogP contribution in [0.2, 0.25) is 5.02 Å². The van der Waals surface area contributed by atoms with Crippen molar-refractivity contribution < 1.29 is 0 Å². The van der Waals surface area contributed by atoms with E-state index in [1.807, 2.05) is 30.3 Å². The fraction of sp³-hybridized carbons (Fsp3) is 0.200. The van der Waals surface area contributed by atoms with Gasteiger partial charge in [0.15, 0.2) is 5.65 Å². The van der Waals surface area contributed by atoms with Gasteiger partial charge in [-0.25, -0.2) is 9.97 Å². The summed E-state index contributed by atoms with van der Waals surface area (Å²) in [6.07, 6.45) is 1.80. The summed E-state index contributed by atoms with van der Waals surface area (Å²) < 4.78 is 2.13. The lowest BCUT2D eigenvalue weighted by molar-refractivity contribution is 0.622. The molecule has 3 aromatic rings. The predicted octanol–water partition coefficient (Wildman–Crippen LogP) is 3.95. The zero-order chi connectivity index (χ0) is 13.7. The molecule has 3 heterocycles. The minimum atomic E-state index is 0.344. The van der Waals surface area contributed by atoms with E-state index in [4.69, 9.17) is 11.6 Å². The Hall–Kier alpha value is -2.07. The standard InChI is InChI=1S/C15H13ClN4/c1-9-8-20-14-13(3-2-6-17-14)19-15(20)18-12-5-4-10(16)7-11(9)12/h2-7,9H,8H2,1H3,(H,18,19). The number of rotatable bonds is 0. The molecule has 1 aliphatic heterocycles. The second-order valence-corrected chi connectivity index (χ2v) is 5.59. The van der Waals surface area contributed by atoms with Gasteiger partial charge < -0.3 is 5.32 Å². The van der Waals surface area contributed by atoms with E-state index in [0.29, 0.717) is 5.92 Å². The van der Waals surface area contributed by atoms with Crippen molar-refractivity contribution in [2.75, 3.05) is 5.32 Å². The lowest BCUT2D eigenvalue weighted by Crippen LogP contribution is -2.05. The molecule has 1 unspecified atom stereocenters. The highest BCUT2D eigenvalue weighted by Crippen LogP contribution is 2.35. The fourth-order valence-corrected chi connectivity index (χ4v) is 2.96. The highest BCUT2D eigenvalue weighted by atomic mass is 35.5. The first-order valence-corrected chi connectivity index (χ1v) is 6.98. The second-order valence-electron chi connectivity index (χ2n) is 5.15. The molecule has 4 rings (SSSR count). The summed E-state index contributed by atoms with van der Waals surface area (Å²) in [6, 6.07) is 9.83. The van der Waals surface area contributed by atoms with Crippen molar-refractivity contribution in [2.24, 2.45) is 0 Å². The van der Waals surface area contributed by atoms with Gasteiger partial charge in [0.25, 0.3) is 0 Å². The van der Waals surface area contributed by atoms with E-state index in [2.05, 4.69) is 26.8 Å². The van der Waals surface area contributed by atoms with Crippen LogP contribution in [-0.4, -0.2) is 14.5 Å². The molecule has 0 saturated carbocycles. The Bertz CT molecular complexity index is 809. The van der Waals surface area contributed by atoms with Gasteiger partial charge in [0.2, 0.25) is 5.95 Å². The molecule has 0 bridgehead atoms. The number of fused-ring (bicyclic) bond motifs is 4. The van der Waals surface area contributed by atoms with Crippen LogP contribution in [0.25, 0.3) is 11.2 Å². The highest BCUT2D eigenvalue weighted by Gasteiger charge is 2.22. The first kappa shape index (κ1) is 11.7. The Morgan fingerprint density at radius 2 is 2.25 bits per heavy atom. The van der Waals surface area contributed by atoms with Crippen LogP contribution in [-0.2, 0) is 6.54 Å². The SMILES string of the molecule is CC1Cn2c(nc3cccnc32)Nc2ccc(Cl)cc21. The van der Waals surface area contributed by atoms with Gasteiger partial charge in [-0.15, -0.1) is 0 Å². The lowest BCUT2D eigenvalue weighted by atomic mass is 9.99. The number of imidazole rings is 1. The second kappa shape index (κ2) is 4.21. The predicted molar refractivity (Wildman–Crippen MR) is 80.7 cm³/mol. The van der Waals surface area contributed by atoms with Gasteiger partial charge in [-0.3, -0.25) is 4.57 Å². The summed E-state index contributed by atoms with van der Waals surface area (Å²) in [5, 5.41) is 4.17. The van der Waals surface area contributed by atoms with Gasteiger partial charge in [0, 0.05) is 29.4 Å². The van der Waals surface area contributed by atoms with Crippen molar-refractivity contribution in [1.82, 2.24) is 14.5 Å². The molecule has 1 atom stereocenters. The monoisotopic (exact) mass is 284 g/mol. The van der Waals surface area contributed by atoms with Gasteiger partial charge in [0.05, 0.1) is 0 Å². The summed E-state index contributed by atoms with van der Waals surface area (Å²) in [5.41, 5.74) is 4.11. The quantitative estimate of drug-likeness (QED) is 0.680. The van der Waals surface area contributed by atoms with Crippen LogP contribution >= 0.6 is 11.6 Å². The number of aromatic nitrogens is 3. The normalized spacial score (nSPS) is 17.2. The molecule has 0 amide bonds. The van der Waals surface area contributed by atoms with Gasteiger partial charge >= 0.3 is 0 Å². The van der Waals surface area contributed by atoms with Crippen LogP contribution in [0.5, 0.6) is 0 Å². The van der Waals surface area contributed by atoms with Crippen molar-refractivity contribution in [2.45, 2.75) is 19.4 Å². The summed E-state index contributed by atoms with van der Waals surface area (Å²) in [7, 11) is 0. The minimum absolute atomic E-state index is 0.344. The Balaban J connectivity index is 1.93. The summed E-state index contributed by atoms with van der Waals surface area (Å²) in [4.78, 5) is 9.07. The van der Waals surface area contributed by atoms with Crippen molar-refractivity contribution in [3.05, 3.63) is 47.1 Å². The fourth-order valence-electron chi connectivity index (χ4n) is 2.77. The van der Waals surface area contributed by atoms with Crippen molar-refractivity contribution >= 4 is 34.4 Å². The third kappa shape index (κ3) is 1.68. The third-order valence-electron chi connectivity index (χ3n) is 3.75. The number of nitrogens with one attached hydrogen (secondary N) is 1. The number of halogens is 1. The number of hydrogen-bond donors (Lipinski definition) is 1. The van der Waals surface area contributed by atoms with E-state index in [-0.39, 0.29) is 0 Å². The molecule has 100 valence electrons. The minimum Gasteiger partial charge on any atom is -0.325 e. The number of pyridine rings is 1. The first-order valence-electron chi connectivity index (χ1n) is 6.60. The topological polar surface area (TPSA) is 42.7 Å². The molecule has 5 heteroatoms. The molecule has 0 fully saturated rings. The van der Waals surface area contributed by atoms with Crippen molar-refractivity contribution in [1.29, 1.82) is 0 Å². The molecule has 20 heavy (non-hydrogen) atoms. The maximum atomic E-state index is 6.11. The molecule has 1 aromatic carbocycles. The molecule has 1 N–H and O–H groups in total. The zero-order valence-electron chi connectivity index (χ0n) is 11.0. The van der Waals surface area contributed by atoms with E-state index < -0.39 is 0 Å². The van der Waals surface area contributed by atoms with Crippen LogP contribution in [0, 0.1) is 0 Å². The van der Waals surface area contributed by atoms with Crippen molar-refractivity contribution in [3.63, 3.8) is 0 Å². The van der Waals surface area contributed by atoms with E-state index >= 15 is 0 Å². The molecule has 0 radical (unpaired) electrons. The van der Waals surface area contributed by atoms with Crippen LogP contribution < -0.4 is 5.32 Å². The molecule has 0 saturated heterocycles. The average Bonchev–Trinajstić information content (AvgIpc) is 2.72. The van der Waals surface area contributed by atoms with Gasteiger partial charge in [-0.05, 0) is 35.9 Å². The maximum Gasteiger partial charge on any atom is 0.209 e. The first-order chi connectivity index (χ1) is 9.72. The Morgan fingerprint density at radius 1 is 1.35 bits per heavy atom. The van der Waals surface area contributed by atoms with Gasteiger partial charge in [-0.1, -0.05) is 18.5 Å². The van der Waals surface area contributed by atoms with Gasteiger partial charge in [-0.2, -0.15) is 0 Å². The largest absolute Gasteiger partial charge is 0.325 e. The molecule has 0 aliphatic carbocycles. The molecule has 4 nitrogen and oxygen atoms in total. The highest BCUT2D eigenvalue weighted by molar-refractivity contribution is 6.30. The van der Waals surface area contributed by atoms with E-state index in [1.165, 1.54) is 5.56 Å². The average molecular weight is 285 g/mol. The summed E-state index contributed by atoms with van der Waals surface area (Å²) >= 11 is 6.11. The van der Waals surface area contributed by atoms with Gasteiger partial charge in [0.1, 0.15) is 5.52 Å². The lowest BCUT2D eigenvalue weighted by Gasteiger charge is -2.12. The number of anilines is 2.